The molecular formula is C41H49N7O6S. The van der Waals surface area contributed by atoms with Gasteiger partial charge < -0.3 is 34.6 Å². The van der Waals surface area contributed by atoms with Gasteiger partial charge in [-0.15, -0.1) is 11.3 Å². The van der Waals surface area contributed by atoms with Gasteiger partial charge in [0.1, 0.15) is 17.7 Å². The highest BCUT2D eigenvalue weighted by Gasteiger charge is 2.39. The zero-order valence-electron chi connectivity index (χ0n) is 32.2. The molecule has 290 valence electrons. The number of hydrogen-bond acceptors (Lipinski definition) is 9. The van der Waals surface area contributed by atoms with Gasteiger partial charge in [-0.2, -0.15) is 0 Å². The van der Waals surface area contributed by atoms with Gasteiger partial charge in [0.05, 0.1) is 60.7 Å². The second-order valence-electron chi connectivity index (χ2n) is 15.2. The van der Waals surface area contributed by atoms with Crippen LogP contribution in [-0.2, 0) is 23.9 Å². The van der Waals surface area contributed by atoms with Crippen molar-refractivity contribution in [2.75, 3.05) is 27.3 Å². The van der Waals surface area contributed by atoms with E-state index >= 15 is 0 Å². The number of esters is 1. The third-order valence-electron chi connectivity index (χ3n) is 11.0. The van der Waals surface area contributed by atoms with Crippen LogP contribution in [0.15, 0.2) is 48.5 Å². The van der Waals surface area contributed by atoms with E-state index < -0.39 is 18.1 Å². The molecule has 2 aliphatic rings. The van der Waals surface area contributed by atoms with Crippen molar-refractivity contribution in [2.24, 2.45) is 17.8 Å². The van der Waals surface area contributed by atoms with Crippen molar-refractivity contribution < 1.29 is 28.7 Å². The fraction of sp³-hybridized carbons (Fsp3) is 0.463. The topological polar surface area (TPSA) is 163 Å². The minimum atomic E-state index is -0.690. The zero-order chi connectivity index (χ0) is 39.0. The van der Waals surface area contributed by atoms with Gasteiger partial charge in [-0.25, -0.2) is 14.8 Å². The van der Waals surface area contributed by atoms with Crippen molar-refractivity contribution in [3.8, 4) is 20.9 Å². The number of nitrogens with one attached hydrogen (secondary N) is 3. The van der Waals surface area contributed by atoms with Gasteiger partial charge in [0.2, 0.25) is 11.8 Å². The SMILES string of the molecule is COC(=O)C[C@H](C(=O)N1CCC[C@H]1c1nc2ccc(-c3ccc(-c4ccc5nc([C@@H]6CCCN6C(=O)[C@@H](NC(=O)OC)C(C)C)[nH]c5c4)s3)cc2[nH]1)C(C)C. The molecule has 0 unspecified atom stereocenters. The van der Waals surface area contributed by atoms with Crippen molar-refractivity contribution in [3.05, 3.63) is 60.2 Å². The maximum Gasteiger partial charge on any atom is 0.407 e. The largest absolute Gasteiger partial charge is 0.469 e. The Morgan fingerprint density at radius 3 is 1.76 bits per heavy atom. The Kier molecular flexibility index (Phi) is 11.0. The monoisotopic (exact) mass is 767 g/mol. The number of carbonyl (C=O) groups is 4. The molecule has 3 N–H and O–H groups in total. The standard InChI is InChI=1S/C41H49N7O6S/c1-22(2)26(21-35(49)53-5)39(50)47-17-7-9-31(47)37-42-27-13-11-24(19-29(27)44-37)33-15-16-34(55-33)25-12-14-28-30(20-25)45-38(43-28)32-10-8-18-48(32)40(51)36(23(3)4)46-41(52)54-6/h11-16,19-20,22-23,26,31-32,36H,7-10,17-18,21H2,1-6H3,(H,42,44)(H,43,45)(H,46,52)/t26-,31-,32-,36-/m0/s1. The molecule has 4 atom stereocenters. The number of H-pyrrole nitrogens is 2. The lowest BCUT2D eigenvalue weighted by molar-refractivity contribution is -0.148. The molecule has 2 saturated heterocycles. The minimum Gasteiger partial charge on any atom is -0.469 e. The number of ether oxygens (including phenoxy) is 2. The molecule has 0 saturated carbocycles. The van der Waals surface area contributed by atoms with Crippen LogP contribution in [0, 0.1) is 17.8 Å². The number of carbonyl (C=O) groups excluding carboxylic acids is 4. The first kappa shape index (κ1) is 38.1. The molecule has 5 heterocycles. The molecule has 3 amide bonds. The van der Waals surface area contributed by atoms with Crippen LogP contribution < -0.4 is 5.32 Å². The number of hydrogen-bond donors (Lipinski definition) is 3. The van der Waals surface area contributed by atoms with Crippen LogP contribution in [0.3, 0.4) is 0 Å². The van der Waals surface area contributed by atoms with E-state index in [1.165, 1.54) is 14.2 Å². The number of rotatable bonds is 11. The summed E-state index contributed by atoms with van der Waals surface area (Å²) in [5, 5.41) is 2.71. The number of amides is 3. The molecule has 2 aliphatic heterocycles. The molecule has 7 rings (SSSR count). The van der Waals surface area contributed by atoms with Crippen LogP contribution >= 0.6 is 11.3 Å². The van der Waals surface area contributed by atoms with Gasteiger partial charge in [0.15, 0.2) is 0 Å². The molecule has 0 bridgehead atoms. The summed E-state index contributed by atoms with van der Waals surface area (Å²) < 4.78 is 9.66. The van der Waals surface area contributed by atoms with Crippen LogP contribution in [0.4, 0.5) is 4.79 Å². The molecule has 5 aromatic rings. The van der Waals surface area contributed by atoms with E-state index in [9.17, 15) is 19.2 Å². The summed E-state index contributed by atoms with van der Waals surface area (Å²) in [4.78, 5) is 74.2. The second-order valence-corrected chi connectivity index (χ2v) is 16.3. The number of imidazole rings is 2. The predicted octanol–water partition coefficient (Wildman–Crippen LogP) is 7.38. The Labute approximate surface area is 324 Å². The van der Waals surface area contributed by atoms with Crippen LogP contribution in [-0.4, -0.2) is 87.0 Å². The van der Waals surface area contributed by atoms with Crippen LogP contribution in [0.2, 0.25) is 0 Å². The molecule has 13 nitrogen and oxygen atoms in total. The van der Waals surface area contributed by atoms with E-state index in [0.29, 0.717) is 13.1 Å². The molecule has 3 aromatic heterocycles. The van der Waals surface area contributed by atoms with Gasteiger partial charge in [-0.1, -0.05) is 39.8 Å². The summed E-state index contributed by atoms with van der Waals surface area (Å²) >= 11 is 1.70. The predicted molar refractivity (Wildman–Crippen MR) is 211 cm³/mol. The number of aromatic amines is 2. The summed E-state index contributed by atoms with van der Waals surface area (Å²) in [6, 6.07) is 15.6. The molecule has 2 aromatic carbocycles. The van der Waals surface area contributed by atoms with Gasteiger partial charge in [-0.3, -0.25) is 14.4 Å². The number of likely N-dealkylation sites (tertiary alicyclic amines) is 2. The summed E-state index contributed by atoms with van der Waals surface area (Å²) in [6.07, 6.45) is 2.76. The van der Waals surface area contributed by atoms with Crippen LogP contribution in [0.25, 0.3) is 42.9 Å². The Bertz CT molecular complexity index is 2070. The smallest absolute Gasteiger partial charge is 0.407 e. The Morgan fingerprint density at radius 1 is 0.764 bits per heavy atom. The quantitative estimate of drug-likeness (QED) is 0.117. The Hall–Kier alpha value is -5.24. The van der Waals surface area contributed by atoms with Crippen molar-refractivity contribution in [3.63, 3.8) is 0 Å². The molecule has 0 aliphatic carbocycles. The average Bonchev–Trinajstić information content (AvgIpc) is 4.02. The average molecular weight is 768 g/mol. The number of alkyl carbamates (subject to hydrolysis) is 1. The van der Waals surface area contributed by atoms with E-state index in [0.717, 1.165) is 80.3 Å². The molecular weight excluding hydrogens is 719 g/mol. The van der Waals surface area contributed by atoms with Crippen molar-refractivity contribution in [2.45, 2.75) is 77.9 Å². The summed E-state index contributed by atoms with van der Waals surface area (Å²) in [7, 11) is 2.65. The molecule has 2 fully saturated rings. The number of benzene rings is 2. The third-order valence-corrected chi connectivity index (χ3v) is 12.2. The van der Waals surface area contributed by atoms with Crippen molar-refractivity contribution in [1.29, 1.82) is 0 Å². The van der Waals surface area contributed by atoms with Gasteiger partial charge in [0, 0.05) is 22.8 Å². The number of methoxy groups -OCH3 is 2. The highest BCUT2D eigenvalue weighted by atomic mass is 32.1. The molecule has 0 radical (unpaired) electrons. The minimum absolute atomic E-state index is 0.00245. The lowest BCUT2D eigenvalue weighted by Gasteiger charge is -2.29. The lowest BCUT2D eigenvalue weighted by Crippen LogP contribution is -2.51. The van der Waals surface area contributed by atoms with Crippen LogP contribution in [0.1, 0.15) is 83.5 Å². The molecule has 0 spiro atoms. The lowest BCUT2D eigenvalue weighted by atomic mass is 9.91. The number of aromatic nitrogens is 4. The fourth-order valence-corrected chi connectivity index (χ4v) is 8.92. The second kappa shape index (κ2) is 15.9. The van der Waals surface area contributed by atoms with Gasteiger partial charge in [-0.05, 0) is 85.0 Å². The van der Waals surface area contributed by atoms with E-state index in [4.69, 9.17) is 19.4 Å². The third kappa shape index (κ3) is 7.69. The van der Waals surface area contributed by atoms with Crippen molar-refractivity contribution in [1.82, 2.24) is 35.1 Å². The van der Waals surface area contributed by atoms with E-state index in [1.807, 2.05) is 49.6 Å². The van der Waals surface area contributed by atoms with E-state index in [2.05, 4.69) is 51.7 Å². The Morgan fingerprint density at radius 2 is 1.29 bits per heavy atom. The Balaban J connectivity index is 1.08. The molecule has 55 heavy (non-hydrogen) atoms. The summed E-state index contributed by atoms with van der Waals surface area (Å²) in [5.74, 6) is 0.418. The van der Waals surface area contributed by atoms with Crippen molar-refractivity contribution >= 4 is 57.3 Å². The number of fused-ring (bicyclic) bond motifs is 2. The first-order chi connectivity index (χ1) is 26.4. The van der Waals surface area contributed by atoms with Gasteiger partial charge in [0.25, 0.3) is 0 Å². The number of thiophene rings is 1. The summed E-state index contributed by atoms with van der Waals surface area (Å²) in [6.45, 7) is 8.97. The summed E-state index contributed by atoms with van der Waals surface area (Å²) in [5.41, 5.74) is 5.59. The first-order valence-electron chi connectivity index (χ1n) is 19.1. The van der Waals surface area contributed by atoms with Crippen LogP contribution in [0.5, 0.6) is 0 Å². The normalized spacial score (nSPS) is 18.4. The van der Waals surface area contributed by atoms with E-state index in [-0.39, 0.29) is 48.1 Å². The van der Waals surface area contributed by atoms with E-state index in [1.54, 1.807) is 11.3 Å². The maximum atomic E-state index is 13.7. The zero-order valence-corrected chi connectivity index (χ0v) is 33.0. The first-order valence-corrected chi connectivity index (χ1v) is 19.9. The molecule has 14 heteroatoms. The highest BCUT2D eigenvalue weighted by molar-refractivity contribution is 7.18. The highest BCUT2D eigenvalue weighted by Crippen LogP contribution is 2.39. The maximum absolute atomic E-state index is 13.7. The number of nitrogens with zero attached hydrogens (tertiary/aromatic N) is 4. The van der Waals surface area contributed by atoms with Gasteiger partial charge >= 0.3 is 12.1 Å². The fourth-order valence-electron chi connectivity index (χ4n) is 7.92.